The summed E-state index contributed by atoms with van der Waals surface area (Å²) >= 11 is 0. The number of anilines is 2. The van der Waals surface area contributed by atoms with Gasteiger partial charge in [-0.15, -0.1) is 0 Å². The second kappa shape index (κ2) is 9.13. The Morgan fingerprint density at radius 2 is 1.59 bits per heavy atom. The molecule has 29 heavy (non-hydrogen) atoms. The van der Waals surface area contributed by atoms with Crippen molar-refractivity contribution < 1.29 is 23.2 Å². The van der Waals surface area contributed by atoms with E-state index in [-0.39, 0.29) is 23.4 Å². The second-order valence-corrected chi connectivity index (χ2v) is 6.60. The second-order valence-electron chi connectivity index (χ2n) is 6.60. The molecule has 4 N–H and O–H groups in total. The number of urea groups is 1. The number of benzene rings is 2. The van der Waals surface area contributed by atoms with E-state index >= 15 is 0 Å². The Morgan fingerprint density at radius 1 is 0.897 bits per heavy atom. The Kier molecular flexibility index (Phi) is 6.38. The van der Waals surface area contributed by atoms with Crippen molar-refractivity contribution in [2.75, 3.05) is 23.7 Å². The first-order chi connectivity index (χ1) is 13.9. The number of hydrogen-bond acceptors (Lipinski definition) is 3. The maximum atomic E-state index is 13.6. The van der Waals surface area contributed by atoms with Crippen LogP contribution in [-0.4, -0.2) is 30.9 Å². The van der Waals surface area contributed by atoms with Gasteiger partial charge in [0.1, 0.15) is 11.6 Å². The summed E-state index contributed by atoms with van der Waals surface area (Å²) in [5.41, 5.74) is 0.612. The van der Waals surface area contributed by atoms with Crippen LogP contribution in [0.25, 0.3) is 0 Å². The molecular formula is C20H20F2N4O3. The van der Waals surface area contributed by atoms with Gasteiger partial charge in [-0.1, -0.05) is 0 Å². The highest BCUT2D eigenvalue weighted by atomic mass is 19.1. The molecule has 0 aromatic heterocycles. The molecular weight excluding hydrogens is 382 g/mol. The molecule has 0 heterocycles. The molecule has 7 nitrogen and oxygen atoms in total. The van der Waals surface area contributed by atoms with Gasteiger partial charge in [-0.3, -0.25) is 9.59 Å². The standard InChI is InChI=1S/C20H20F2N4O3/c21-14-5-8-17(16(22)11-14)26-20(29)25-15-6-3-13(4-7-15)19(28)24-10-9-23-18(27)12-1-2-12/h3-8,11-12H,1-2,9-10H2,(H,23,27)(H,24,28)(H2,25,26,29). The fourth-order valence-corrected chi connectivity index (χ4v) is 2.53. The molecule has 2 aromatic rings. The molecule has 0 saturated heterocycles. The minimum atomic E-state index is -0.888. The zero-order valence-corrected chi connectivity index (χ0v) is 15.4. The van der Waals surface area contributed by atoms with Crippen LogP contribution >= 0.6 is 0 Å². The van der Waals surface area contributed by atoms with Crippen LogP contribution in [-0.2, 0) is 4.79 Å². The molecule has 152 valence electrons. The Labute approximate surface area is 165 Å². The van der Waals surface area contributed by atoms with E-state index in [0.717, 1.165) is 25.0 Å². The van der Waals surface area contributed by atoms with E-state index in [1.165, 1.54) is 24.3 Å². The first kappa shape index (κ1) is 20.2. The van der Waals surface area contributed by atoms with Crippen LogP contribution < -0.4 is 21.3 Å². The summed E-state index contributed by atoms with van der Waals surface area (Å²) in [7, 11) is 0. The minimum Gasteiger partial charge on any atom is -0.354 e. The molecule has 1 aliphatic rings. The summed E-state index contributed by atoms with van der Waals surface area (Å²) in [5, 5.41) is 10.2. The fourth-order valence-electron chi connectivity index (χ4n) is 2.53. The predicted molar refractivity (Wildman–Crippen MR) is 104 cm³/mol. The van der Waals surface area contributed by atoms with Crippen molar-refractivity contribution in [1.82, 2.24) is 10.6 Å². The van der Waals surface area contributed by atoms with Crippen LogP contribution in [0.15, 0.2) is 42.5 Å². The molecule has 0 unspecified atom stereocenters. The number of amides is 4. The number of halogens is 2. The van der Waals surface area contributed by atoms with Gasteiger partial charge < -0.3 is 21.3 Å². The molecule has 0 atom stereocenters. The van der Waals surface area contributed by atoms with Gasteiger partial charge in [0.05, 0.1) is 5.69 Å². The van der Waals surface area contributed by atoms with Crippen LogP contribution in [0.4, 0.5) is 25.0 Å². The Morgan fingerprint density at radius 3 is 2.24 bits per heavy atom. The number of rotatable bonds is 7. The lowest BCUT2D eigenvalue weighted by Crippen LogP contribution is -2.35. The van der Waals surface area contributed by atoms with Gasteiger partial charge in [0, 0.05) is 36.3 Å². The fraction of sp³-hybridized carbons (Fsp3) is 0.250. The molecule has 0 radical (unpaired) electrons. The Balaban J connectivity index is 1.44. The molecule has 0 bridgehead atoms. The van der Waals surface area contributed by atoms with Crippen molar-refractivity contribution in [3.05, 3.63) is 59.7 Å². The monoisotopic (exact) mass is 402 g/mol. The summed E-state index contributed by atoms with van der Waals surface area (Å²) in [6.45, 7) is 0.670. The summed E-state index contributed by atoms with van der Waals surface area (Å²) in [5.74, 6) is -1.79. The lowest BCUT2D eigenvalue weighted by atomic mass is 10.2. The normalized spacial score (nSPS) is 12.8. The molecule has 1 fully saturated rings. The zero-order chi connectivity index (χ0) is 20.8. The van der Waals surface area contributed by atoms with E-state index in [0.29, 0.717) is 30.4 Å². The van der Waals surface area contributed by atoms with Crippen LogP contribution in [0.5, 0.6) is 0 Å². The van der Waals surface area contributed by atoms with Gasteiger partial charge >= 0.3 is 6.03 Å². The van der Waals surface area contributed by atoms with Crippen molar-refractivity contribution in [3.63, 3.8) is 0 Å². The third-order valence-corrected chi connectivity index (χ3v) is 4.24. The van der Waals surface area contributed by atoms with Gasteiger partial charge in [0.15, 0.2) is 0 Å². The van der Waals surface area contributed by atoms with Crippen molar-refractivity contribution in [1.29, 1.82) is 0 Å². The zero-order valence-electron chi connectivity index (χ0n) is 15.4. The third-order valence-electron chi connectivity index (χ3n) is 4.24. The van der Waals surface area contributed by atoms with Gasteiger partial charge in [0.2, 0.25) is 5.91 Å². The van der Waals surface area contributed by atoms with E-state index in [4.69, 9.17) is 0 Å². The van der Waals surface area contributed by atoms with Crippen LogP contribution in [0.2, 0.25) is 0 Å². The topological polar surface area (TPSA) is 99.3 Å². The third kappa shape index (κ3) is 6.00. The van der Waals surface area contributed by atoms with E-state index in [2.05, 4.69) is 21.3 Å². The van der Waals surface area contributed by atoms with Gasteiger partial charge in [-0.2, -0.15) is 0 Å². The lowest BCUT2D eigenvalue weighted by Gasteiger charge is -2.10. The molecule has 1 saturated carbocycles. The maximum Gasteiger partial charge on any atom is 0.323 e. The van der Waals surface area contributed by atoms with Crippen LogP contribution in [0.1, 0.15) is 23.2 Å². The van der Waals surface area contributed by atoms with E-state index < -0.39 is 17.7 Å². The van der Waals surface area contributed by atoms with Crippen molar-refractivity contribution in [2.24, 2.45) is 5.92 Å². The summed E-state index contributed by atoms with van der Waals surface area (Å²) in [6, 6.07) is 8.18. The van der Waals surface area contributed by atoms with Crippen LogP contribution in [0.3, 0.4) is 0 Å². The largest absolute Gasteiger partial charge is 0.354 e. The highest BCUT2D eigenvalue weighted by molar-refractivity contribution is 6.00. The number of hydrogen-bond donors (Lipinski definition) is 4. The predicted octanol–water partition coefficient (Wildman–Crippen LogP) is 2.86. The average Bonchev–Trinajstić information content (AvgIpc) is 3.53. The molecule has 1 aliphatic carbocycles. The van der Waals surface area contributed by atoms with Gasteiger partial charge in [-0.05, 0) is 49.2 Å². The quantitative estimate of drug-likeness (QED) is 0.536. The van der Waals surface area contributed by atoms with E-state index in [1.54, 1.807) is 0 Å². The van der Waals surface area contributed by atoms with E-state index in [9.17, 15) is 23.2 Å². The van der Waals surface area contributed by atoms with Gasteiger partial charge in [0.25, 0.3) is 5.91 Å². The van der Waals surface area contributed by atoms with Crippen molar-refractivity contribution in [2.45, 2.75) is 12.8 Å². The maximum absolute atomic E-state index is 13.6. The summed E-state index contributed by atoms with van der Waals surface area (Å²) in [4.78, 5) is 35.5. The first-order valence-electron chi connectivity index (χ1n) is 9.11. The summed E-state index contributed by atoms with van der Waals surface area (Å²) < 4.78 is 26.4. The average molecular weight is 402 g/mol. The van der Waals surface area contributed by atoms with Crippen molar-refractivity contribution in [3.8, 4) is 0 Å². The molecule has 2 aromatic carbocycles. The van der Waals surface area contributed by atoms with Crippen molar-refractivity contribution >= 4 is 29.2 Å². The highest BCUT2D eigenvalue weighted by Crippen LogP contribution is 2.28. The number of carbonyl (C=O) groups is 3. The molecule has 9 heteroatoms. The van der Waals surface area contributed by atoms with E-state index in [1.807, 2.05) is 0 Å². The molecule has 0 aliphatic heterocycles. The smallest absolute Gasteiger partial charge is 0.323 e. The highest BCUT2D eigenvalue weighted by Gasteiger charge is 2.28. The Bertz CT molecular complexity index is 914. The van der Waals surface area contributed by atoms with Crippen LogP contribution in [0, 0.1) is 17.6 Å². The molecule has 0 spiro atoms. The molecule has 3 rings (SSSR count). The summed E-state index contributed by atoms with van der Waals surface area (Å²) in [6.07, 6.45) is 1.85. The lowest BCUT2D eigenvalue weighted by molar-refractivity contribution is -0.122. The first-order valence-corrected chi connectivity index (χ1v) is 9.11. The minimum absolute atomic E-state index is 0.0217. The van der Waals surface area contributed by atoms with Gasteiger partial charge in [-0.25, -0.2) is 13.6 Å². The number of nitrogens with one attached hydrogen (secondary N) is 4. The number of carbonyl (C=O) groups excluding carboxylic acids is 3. The SMILES string of the molecule is O=C(Nc1ccc(C(=O)NCCNC(=O)C2CC2)cc1)Nc1ccc(F)cc1F. The Hall–Kier alpha value is -3.49. The molecule has 4 amide bonds.